The van der Waals surface area contributed by atoms with E-state index in [0.29, 0.717) is 12.2 Å². The average molecular weight is 205 g/mol. The van der Waals surface area contributed by atoms with Crippen molar-refractivity contribution in [1.29, 1.82) is 0 Å². The van der Waals surface area contributed by atoms with Gasteiger partial charge in [0.1, 0.15) is 5.69 Å². The quantitative estimate of drug-likeness (QED) is 0.740. The molecule has 1 rings (SSSR count). The van der Waals surface area contributed by atoms with Crippen molar-refractivity contribution in [3.63, 3.8) is 0 Å². The second-order valence-electron chi connectivity index (χ2n) is 3.08. The fourth-order valence-corrected chi connectivity index (χ4v) is 1.29. The third-order valence-electron chi connectivity index (χ3n) is 2.08. The molecule has 80 valence electrons. The van der Waals surface area contributed by atoms with Crippen LogP contribution in [-0.4, -0.2) is 22.2 Å². The molecule has 0 aliphatic heterocycles. The van der Waals surface area contributed by atoms with Crippen molar-refractivity contribution in [2.45, 2.75) is 26.8 Å². The Morgan fingerprint density at radius 3 is 2.93 bits per heavy atom. The molecule has 0 radical (unpaired) electrons. The third-order valence-corrected chi connectivity index (χ3v) is 2.08. The largest absolute Gasteiger partial charge is 0.340 e. The number of carbonyl (C=O) groups excluding carboxylic acids is 1. The number of nitrogens with one attached hydrogen (secondary N) is 1. The number of rotatable bonds is 4. The molecule has 1 aromatic rings. The highest BCUT2D eigenvalue weighted by Gasteiger charge is 2.12. The van der Waals surface area contributed by atoms with Crippen LogP contribution >= 0.6 is 0 Å². The van der Waals surface area contributed by atoms with Crippen molar-refractivity contribution in [3.05, 3.63) is 17.5 Å². The van der Waals surface area contributed by atoms with Gasteiger partial charge in [-0.05, 0) is 19.4 Å². The van der Waals surface area contributed by atoms with Crippen LogP contribution in [-0.2, 0) is 13.0 Å². The normalized spacial score (nSPS) is 9.67. The van der Waals surface area contributed by atoms with Crippen LogP contribution in [0.25, 0.3) is 0 Å². The Morgan fingerprint density at radius 2 is 2.40 bits per heavy atom. The first-order valence-electron chi connectivity index (χ1n) is 5.01. The van der Waals surface area contributed by atoms with Crippen molar-refractivity contribution in [1.82, 2.24) is 15.1 Å². The van der Waals surface area contributed by atoms with Gasteiger partial charge in [-0.1, -0.05) is 12.8 Å². The van der Waals surface area contributed by atoms with E-state index in [0.717, 1.165) is 12.1 Å². The summed E-state index contributed by atoms with van der Waals surface area (Å²) in [5.41, 5.74) is 1.49. The van der Waals surface area contributed by atoms with Gasteiger partial charge in [-0.3, -0.25) is 9.48 Å². The molecule has 4 heteroatoms. The zero-order chi connectivity index (χ0) is 11.3. The van der Waals surface area contributed by atoms with Crippen LogP contribution < -0.4 is 5.32 Å². The van der Waals surface area contributed by atoms with Crippen LogP contribution in [0.2, 0.25) is 0 Å². The number of nitrogens with zero attached hydrogens (tertiary/aromatic N) is 2. The lowest BCUT2D eigenvalue weighted by Gasteiger charge is -2.03. The van der Waals surface area contributed by atoms with E-state index in [1.165, 1.54) is 0 Å². The van der Waals surface area contributed by atoms with Gasteiger partial charge in [0, 0.05) is 6.54 Å². The molecule has 0 aliphatic rings. The summed E-state index contributed by atoms with van der Waals surface area (Å²) in [5.74, 6) is 2.20. The molecule has 0 atom stereocenters. The van der Waals surface area contributed by atoms with Crippen molar-refractivity contribution in [2.75, 3.05) is 6.54 Å². The number of carbonyl (C=O) groups is 1. The summed E-state index contributed by atoms with van der Waals surface area (Å²) >= 11 is 0. The van der Waals surface area contributed by atoms with E-state index < -0.39 is 0 Å². The molecule has 1 amide bonds. The van der Waals surface area contributed by atoms with Gasteiger partial charge in [0.2, 0.25) is 0 Å². The van der Waals surface area contributed by atoms with E-state index in [1.54, 1.807) is 10.7 Å². The average Bonchev–Trinajstić information content (AvgIpc) is 2.69. The van der Waals surface area contributed by atoms with Gasteiger partial charge in [0.05, 0.1) is 12.2 Å². The molecule has 0 saturated heterocycles. The van der Waals surface area contributed by atoms with Gasteiger partial charge in [-0.25, -0.2) is 0 Å². The van der Waals surface area contributed by atoms with Crippen molar-refractivity contribution in [2.24, 2.45) is 0 Å². The molecular weight excluding hydrogens is 190 g/mol. The zero-order valence-corrected chi connectivity index (χ0v) is 9.08. The summed E-state index contributed by atoms with van der Waals surface area (Å²) in [5, 5.41) is 6.91. The number of aryl methyl sites for hydroxylation is 2. The van der Waals surface area contributed by atoms with Gasteiger partial charge in [0.15, 0.2) is 0 Å². The van der Waals surface area contributed by atoms with E-state index >= 15 is 0 Å². The Kier molecular flexibility index (Phi) is 3.92. The zero-order valence-electron chi connectivity index (χ0n) is 9.08. The number of aromatic nitrogens is 2. The summed E-state index contributed by atoms with van der Waals surface area (Å²) in [6, 6.07) is 1.80. The molecule has 1 aromatic heterocycles. The van der Waals surface area contributed by atoms with Crippen molar-refractivity contribution in [3.8, 4) is 12.3 Å². The number of hydrogen-bond donors (Lipinski definition) is 1. The van der Waals surface area contributed by atoms with E-state index in [1.807, 2.05) is 13.8 Å². The number of hydrogen-bond acceptors (Lipinski definition) is 2. The number of terminal acetylenes is 1. The molecule has 0 unspecified atom stereocenters. The van der Waals surface area contributed by atoms with Gasteiger partial charge < -0.3 is 5.32 Å². The van der Waals surface area contributed by atoms with Crippen LogP contribution in [0.15, 0.2) is 6.07 Å². The fraction of sp³-hybridized carbons (Fsp3) is 0.455. The lowest BCUT2D eigenvalue weighted by atomic mass is 10.3. The summed E-state index contributed by atoms with van der Waals surface area (Å²) in [4.78, 5) is 11.6. The maximum atomic E-state index is 11.6. The molecule has 0 aromatic carbocycles. The third kappa shape index (κ3) is 2.59. The fourth-order valence-electron chi connectivity index (χ4n) is 1.29. The monoisotopic (exact) mass is 205 g/mol. The van der Waals surface area contributed by atoms with E-state index in [4.69, 9.17) is 6.42 Å². The highest BCUT2D eigenvalue weighted by atomic mass is 16.2. The predicted octanol–water partition coefficient (Wildman–Crippen LogP) is 0.828. The lowest BCUT2D eigenvalue weighted by Crippen LogP contribution is -2.26. The summed E-state index contributed by atoms with van der Waals surface area (Å²) in [6.45, 7) is 4.88. The summed E-state index contributed by atoms with van der Waals surface area (Å²) in [6.07, 6.45) is 5.89. The van der Waals surface area contributed by atoms with Crippen LogP contribution in [0.1, 0.15) is 30.0 Å². The first kappa shape index (κ1) is 11.3. The maximum Gasteiger partial charge on any atom is 0.270 e. The highest BCUT2D eigenvalue weighted by Crippen LogP contribution is 2.05. The van der Waals surface area contributed by atoms with Gasteiger partial charge >= 0.3 is 0 Å². The Bertz CT molecular complexity index is 387. The Morgan fingerprint density at radius 1 is 1.67 bits per heavy atom. The summed E-state index contributed by atoms with van der Waals surface area (Å²) < 4.78 is 1.69. The predicted molar refractivity (Wildman–Crippen MR) is 58.4 cm³/mol. The second-order valence-corrected chi connectivity index (χ2v) is 3.08. The molecule has 0 saturated carbocycles. The molecule has 1 heterocycles. The molecular formula is C11H15N3O. The van der Waals surface area contributed by atoms with E-state index in [2.05, 4.69) is 16.3 Å². The topological polar surface area (TPSA) is 46.9 Å². The van der Waals surface area contributed by atoms with Crippen molar-refractivity contribution < 1.29 is 4.79 Å². The van der Waals surface area contributed by atoms with Crippen LogP contribution in [0.5, 0.6) is 0 Å². The van der Waals surface area contributed by atoms with Crippen LogP contribution in [0.3, 0.4) is 0 Å². The van der Waals surface area contributed by atoms with Gasteiger partial charge in [-0.2, -0.15) is 5.10 Å². The molecule has 4 nitrogen and oxygen atoms in total. The first-order chi connectivity index (χ1) is 7.22. The smallest absolute Gasteiger partial charge is 0.270 e. The molecule has 15 heavy (non-hydrogen) atoms. The van der Waals surface area contributed by atoms with Crippen molar-refractivity contribution >= 4 is 5.91 Å². The van der Waals surface area contributed by atoms with E-state index in [9.17, 15) is 4.79 Å². The minimum Gasteiger partial charge on any atom is -0.340 e. The second kappa shape index (κ2) is 5.20. The highest BCUT2D eigenvalue weighted by molar-refractivity contribution is 5.92. The van der Waals surface area contributed by atoms with Crippen LogP contribution in [0.4, 0.5) is 0 Å². The summed E-state index contributed by atoms with van der Waals surface area (Å²) in [7, 11) is 0. The Labute approximate surface area is 89.7 Å². The Hall–Kier alpha value is -1.76. The molecule has 0 spiro atoms. The molecule has 1 N–H and O–H groups in total. The Balaban J connectivity index is 2.87. The maximum absolute atomic E-state index is 11.6. The molecule has 0 fully saturated rings. The SMILES string of the molecule is C#CCNC(=O)c1cc(CC)nn1CC. The number of amides is 1. The minimum atomic E-state index is -0.165. The minimum absolute atomic E-state index is 0.165. The first-order valence-corrected chi connectivity index (χ1v) is 5.01. The van der Waals surface area contributed by atoms with Gasteiger partial charge in [-0.15, -0.1) is 6.42 Å². The van der Waals surface area contributed by atoms with E-state index in [-0.39, 0.29) is 12.5 Å². The lowest BCUT2D eigenvalue weighted by molar-refractivity contribution is 0.0948. The molecule has 0 aliphatic carbocycles. The van der Waals surface area contributed by atoms with Gasteiger partial charge in [0.25, 0.3) is 5.91 Å². The molecule has 0 bridgehead atoms. The van der Waals surface area contributed by atoms with Crippen LogP contribution in [0, 0.1) is 12.3 Å². The standard InChI is InChI=1S/C11H15N3O/c1-4-7-12-11(15)10-8-9(5-2)13-14(10)6-3/h1,8H,5-7H2,2-3H3,(H,12,15).